The first-order valence-electron chi connectivity index (χ1n) is 6.52. The van der Waals surface area contributed by atoms with Crippen LogP contribution in [0.5, 0.6) is 0 Å². The first-order valence-corrected chi connectivity index (χ1v) is 6.52. The van der Waals surface area contributed by atoms with Gasteiger partial charge in [-0.2, -0.15) is 0 Å². The number of unbranched alkanes of at least 4 members (excludes halogenated alkanes) is 2. The minimum Gasteiger partial charge on any atom is -0.396 e. The molecule has 2 aliphatic rings. The molecule has 0 bridgehead atoms. The van der Waals surface area contributed by atoms with Gasteiger partial charge in [-0.15, -0.1) is 0 Å². The lowest BCUT2D eigenvalue weighted by atomic mass is 9.90. The summed E-state index contributed by atoms with van der Waals surface area (Å²) in [5.41, 5.74) is -0.716. The van der Waals surface area contributed by atoms with E-state index in [1.54, 1.807) is 0 Å². The highest BCUT2D eigenvalue weighted by Gasteiger charge is 2.51. The maximum absolute atomic E-state index is 12.3. The number of nitrogens with zero attached hydrogens (tertiary/aromatic N) is 1. The summed E-state index contributed by atoms with van der Waals surface area (Å²) in [5, 5.41) is 11.5. The zero-order valence-corrected chi connectivity index (χ0v) is 10.5. The molecule has 0 saturated carbocycles. The average Bonchev–Trinajstić information content (AvgIpc) is 2.59. The number of hydrogen-bond acceptors (Lipinski definition) is 4. The van der Waals surface area contributed by atoms with Gasteiger partial charge in [-0.25, -0.2) is 4.79 Å². The third kappa shape index (κ3) is 2.49. The fraction of sp³-hybridized carbons (Fsp3) is 0.833. The number of amides is 3. The highest BCUT2D eigenvalue weighted by molar-refractivity contribution is 6.07. The van der Waals surface area contributed by atoms with E-state index in [2.05, 4.69) is 5.32 Å². The molecule has 0 aliphatic carbocycles. The summed E-state index contributed by atoms with van der Waals surface area (Å²) >= 11 is 0. The van der Waals surface area contributed by atoms with Crippen molar-refractivity contribution in [2.45, 2.75) is 37.6 Å². The van der Waals surface area contributed by atoms with Crippen molar-refractivity contribution in [3.05, 3.63) is 0 Å². The molecule has 2 N–H and O–H groups in total. The number of urea groups is 1. The van der Waals surface area contributed by atoms with Gasteiger partial charge in [0.1, 0.15) is 5.54 Å². The Labute approximate surface area is 106 Å². The standard InChI is InChI=1S/C12H20N2O4/c15-7-3-1-2-6-14-10(16)12(13-11(14)17)4-8-18-9-5-12/h15H,1-9H2,(H,13,17). The molecule has 6 nitrogen and oxygen atoms in total. The van der Waals surface area contributed by atoms with Crippen LogP contribution in [0.2, 0.25) is 0 Å². The Kier molecular flexibility index (Phi) is 4.19. The van der Waals surface area contributed by atoms with E-state index in [1.165, 1.54) is 4.90 Å². The molecule has 1 spiro atoms. The molecule has 0 aromatic heterocycles. The first kappa shape index (κ1) is 13.3. The number of rotatable bonds is 5. The van der Waals surface area contributed by atoms with Crippen LogP contribution in [0.4, 0.5) is 4.79 Å². The molecular formula is C12H20N2O4. The lowest BCUT2D eigenvalue weighted by molar-refractivity contribution is -0.134. The molecule has 18 heavy (non-hydrogen) atoms. The maximum atomic E-state index is 12.3. The molecule has 3 amide bonds. The van der Waals surface area contributed by atoms with Crippen molar-refractivity contribution in [3.63, 3.8) is 0 Å². The van der Waals surface area contributed by atoms with E-state index in [4.69, 9.17) is 9.84 Å². The SMILES string of the molecule is O=C1NC2(CCOCC2)C(=O)N1CCCCCO. The monoisotopic (exact) mass is 256 g/mol. The molecule has 0 aromatic rings. The van der Waals surface area contributed by atoms with E-state index in [0.717, 1.165) is 12.8 Å². The Balaban J connectivity index is 1.92. The van der Waals surface area contributed by atoms with Gasteiger partial charge in [0.15, 0.2) is 0 Å². The Morgan fingerprint density at radius 1 is 1.22 bits per heavy atom. The molecule has 2 aliphatic heterocycles. The molecular weight excluding hydrogens is 236 g/mol. The molecule has 102 valence electrons. The van der Waals surface area contributed by atoms with Crippen LogP contribution in [0, 0.1) is 0 Å². The summed E-state index contributed by atoms with van der Waals surface area (Å²) in [6, 6.07) is -0.286. The number of aliphatic hydroxyl groups excluding tert-OH is 1. The number of carbonyl (C=O) groups excluding carboxylic acids is 2. The van der Waals surface area contributed by atoms with Gasteiger partial charge in [0.2, 0.25) is 0 Å². The molecule has 0 unspecified atom stereocenters. The van der Waals surface area contributed by atoms with Crippen LogP contribution in [0.15, 0.2) is 0 Å². The topological polar surface area (TPSA) is 78.9 Å². The predicted octanol–water partition coefficient (Wildman–Crippen LogP) is 0.250. The molecule has 0 aromatic carbocycles. The number of ether oxygens (including phenoxy) is 1. The van der Waals surface area contributed by atoms with E-state index < -0.39 is 5.54 Å². The number of aliphatic hydroxyl groups is 1. The second kappa shape index (κ2) is 5.67. The normalized spacial score (nSPS) is 22.6. The summed E-state index contributed by atoms with van der Waals surface area (Å²) in [5.74, 6) is -0.111. The molecule has 2 fully saturated rings. The summed E-state index contributed by atoms with van der Waals surface area (Å²) in [4.78, 5) is 25.4. The first-order chi connectivity index (χ1) is 8.69. The van der Waals surface area contributed by atoms with Gasteiger partial charge in [0.05, 0.1) is 0 Å². The lowest BCUT2D eigenvalue weighted by Crippen LogP contribution is -2.51. The van der Waals surface area contributed by atoms with Crippen LogP contribution in [0.3, 0.4) is 0 Å². The number of nitrogens with one attached hydrogen (secondary N) is 1. The zero-order chi connectivity index (χ0) is 13.0. The summed E-state index contributed by atoms with van der Waals surface area (Å²) in [7, 11) is 0. The van der Waals surface area contributed by atoms with E-state index in [1.807, 2.05) is 0 Å². The quantitative estimate of drug-likeness (QED) is 0.546. The molecule has 0 atom stereocenters. The Morgan fingerprint density at radius 2 is 1.94 bits per heavy atom. The van der Waals surface area contributed by atoms with Crippen molar-refractivity contribution in [1.82, 2.24) is 10.2 Å². The van der Waals surface area contributed by atoms with Crippen molar-refractivity contribution in [1.29, 1.82) is 0 Å². The smallest absolute Gasteiger partial charge is 0.325 e. The minimum atomic E-state index is -0.716. The second-order valence-corrected chi connectivity index (χ2v) is 4.87. The van der Waals surface area contributed by atoms with Crippen LogP contribution in [-0.2, 0) is 9.53 Å². The van der Waals surface area contributed by atoms with Crippen molar-refractivity contribution in [3.8, 4) is 0 Å². The third-order valence-electron chi connectivity index (χ3n) is 3.63. The highest BCUT2D eigenvalue weighted by atomic mass is 16.5. The summed E-state index contributed by atoms with van der Waals surface area (Å²) < 4.78 is 5.24. The van der Waals surface area contributed by atoms with Gasteiger partial charge < -0.3 is 15.2 Å². The fourth-order valence-corrected chi connectivity index (χ4v) is 2.50. The van der Waals surface area contributed by atoms with Gasteiger partial charge >= 0.3 is 6.03 Å². The van der Waals surface area contributed by atoms with Gasteiger partial charge in [-0.3, -0.25) is 9.69 Å². The van der Waals surface area contributed by atoms with Crippen molar-refractivity contribution in [2.75, 3.05) is 26.4 Å². The highest BCUT2D eigenvalue weighted by Crippen LogP contribution is 2.28. The minimum absolute atomic E-state index is 0.111. The van der Waals surface area contributed by atoms with E-state index >= 15 is 0 Å². The average molecular weight is 256 g/mol. The fourth-order valence-electron chi connectivity index (χ4n) is 2.50. The molecule has 0 radical (unpaired) electrons. The maximum Gasteiger partial charge on any atom is 0.325 e. The second-order valence-electron chi connectivity index (χ2n) is 4.87. The van der Waals surface area contributed by atoms with Crippen LogP contribution in [0.25, 0.3) is 0 Å². The zero-order valence-electron chi connectivity index (χ0n) is 10.5. The molecule has 2 rings (SSSR count). The summed E-state index contributed by atoms with van der Waals surface area (Å²) in [6.07, 6.45) is 3.40. The van der Waals surface area contributed by atoms with Crippen molar-refractivity contribution < 1.29 is 19.4 Å². The lowest BCUT2D eigenvalue weighted by Gasteiger charge is -2.30. The van der Waals surface area contributed by atoms with Crippen molar-refractivity contribution >= 4 is 11.9 Å². The Hall–Kier alpha value is -1.14. The van der Waals surface area contributed by atoms with E-state index in [9.17, 15) is 9.59 Å². The van der Waals surface area contributed by atoms with Crippen LogP contribution >= 0.6 is 0 Å². The molecule has 2 heterocycles. The van der Waals surface area contributed by atoms with Gasteiger partial charge in [0, 0.05) is 39.2 Å². The Morgan fingerprint density at radius 3 is 2.61 bits per heavy atom. The predicted molar refractivity (Wildman–Crippen MR) is 64.0 cm³/mol. The van der Waals surface area contributed by atoms with Gasteiger partial charge in [-0.1, -0.05) is 0 Å². The number of imide groups is 1. The van der Waals surface area contributed by atoms with Gasteiger partial charge in [-0.05, 0) is 19.3 Å². The largest absolute Gasteiger partial charge is 0.396 e. The Bertz CT molecular complexity index is 326. The van der Waals surface area contributed by atoms with Crippen LogP contribution in [0.1, 0.15) is 32.1 Å². The van der Waals surface area contributed by atoms with E-state index in [-0.39, 0.29) is 18.5 Å². The van der Waals surface area contributed by atoms with Crippen molar-refractivity contribution in [2.24, 2.45) is 0 Å². The molecule has 2 saturated heterocycles. The van der Waals surface area contributed by atoms with Crippen LogP contribution < -0.4 is 5.32 Å². The summed E-state index contributed by atoms with van der Waals surface area (Å²) in [6.45, 7) is 1.63. The van der Waals surface area contributed by atoms with Gasteiger partial charge in [0.25, 0.3) is 5.91 Å². The molecule has 6 heteroatoms. The number of hydrogen-bond donors (Lipinski definition) is 2. The third-order valence-corrected chi connectivity index (χ3v) is 3.63. The van der Waals surface area contributed by atoms with E-state index in [0.29, 0.717) is 39.0 Å². The van der Waals surface area contributed by atoms with Crippen LogP contribution in [-0.4, -0.2) is 53.8 Å². The number of carbonyl (C=O) groups is 2.